The van der Waals surface area contributed by atoms with Crippen LogP contribution in [0.3, 0.4) is 0 Å². The summed E-state index contributed by atoms with van der Waals surface area (Å²) in [5.74, 6) is -0.696. The zero-order valence-electron chi connectivity index (χ0n) is 15.5. The van der Waals surface area contributed by atoms with Gasteiger partial charge in [0.05, 0.1) is 6.42 Å². The smallest absolute Gasteiger partial charge is 0.242 e. The van der Waals surface area contributed by atoms with Crippen LogP contribution in [0.2, 0.25) is 0 Å². The average Bonchev–Trinajstić information content (AvgIpc) is 2.61. The Balaban J connectivity index is 2.21. The topological polar surface area (TPSA) is 49.4 Å². The van der Waals surface area contributed by atoms with E-state index in [2.05, 4.69) is 5.32 Å². The normalized spacial score (nSPS) is 11.7. The maximum absolute atomic E-state index is 13.1. The van der Waals surface area contributed by atoms with Crippen molar-refractivity contribution in [2.75, 3.05) is 6.54 Å². The largest absolute Gasteiger partial charge is 0.355 e. The summed E-state index contributed by atoms with van der Waals surface area (Å²) in [4.78, 5) is 26.8. The van der Waals surface area contributed by atoms with E-state index in [1.54, 1.807) is 24.0 Å². The van der Waals surface area contributed by atoms with E-state index in [1.165, 1.54) is 12.1 Å². The quantitative estimate of drug-likeness (QED) is 0.828. The van der Waals surface area contributed by atoms with Crippen LogP contribution in [0.5, 0.6) is 0 Å². The molecule has 2 rings (SSSR count). The molecule has 138 valence electrons. The van der Waals surface area contributed by atoms with Gasteiger partial charge in [-0.2, -0.15) is 0 Å². The third-order valence-corrected chi connectivity index (χ3v) is 4.22. The van der Waals surface area contributed by atoms with Crippen LogP contribution in [0, 0.1) is 12.7 Å². The SMILES string of the molecule is CCNC(=O)C(C)N(Cc1cccc(C)c1)C(=O)Cc1ccc(F)cc1. The van der Waals surface area contributed by atoms with Crippen molar-refractivity contribution in [1.82, 2.24) is 10.2 Å². The van der Waals surface area contributed by atoms with Crippen molar-refractivity contribution in [1.29, 1.82) is 0 Å². The summed E-state index contributed by atoms with van der Waals surface area (Å²) in [5, 5.41) is 2.77. The average molecular weight is 356 g/mol. The Bertz CT molecular complexity index is 759. The Hall–Kier alpha value is -2.69. The third-order valence-electron chi connectivity index (χ3n) is 4.22. The number of aryl methyl sites for hydroxylation is 1. The molecule has 0 saturated heterocycles. The maximum atomic E-state index is 13.1. The molecule has 1 unspecified atom stereocenters. The molecule has 1 atom stereocenters. The number of nitrogens with one attached hydrogen (secondary N) is 1. The maximum Gasteiger partial charge on any atom is 0.242 e. The summed E-state index contributed by atoms with van der Waals surface area (Å²) in [6.45, 7) is 6.41. The van der Waals surface area contributed by atoms with Crippen molar-refractivity contribution >= 4 is 11.8 Å². The van der Waals surface area contributed by atoms with Crippen LogP contribution in [0.15, 0.2) is 48.5 Å². The van der Waals surface area contributed by atoms with Gasteiger partial charge in [0.15, 0.2) is 0 Å². The standard InChI is InChI=1S/C21H25FN2O2/c1-4-23-21(26)16(3)24(14-18-7-5-6-15(2)12-18)20(25)13-17-8-10-19(22)11-9-17/h5-12,16H,4,13-14H2,1-3H3,(H,23,26). The second-order valence-electron chi connectivity index (χ2n) is 6.38. The Morgan fingerprint density at radius 3 is 2.42 bits per heavy atom. The number of amides is 2. The minimum absolute atomic E-state index is 0.121. The van der Waals surface area contributed by atoms with Crippen LogP contribution in [0.1, 0.15) is 30.5 Å². The Morgan fingerprint density at radius 2 is 1.81 bits per heavy atom. The van der Waals surface area contributed by atoms with Crippen molar-refractivity contribution < 1.29 is 14.0 Å². The van der Waals surface area contributed by atoms with Gasteiger partial charge in [-0.15, -0.1) is 0 Å². The monoisotopic (exact) mass is 356 g/mol. The van der Waals surface area contributed by atoms with E-state index >= 15 is 0 Å². The summed E-state index contributed by atoms with van der Waals surface area (Å²) in [5.41, 5.74) is 2.78. The molecule has 0 aliphatic carbocycles. The Kier molecular flexibility index (Phi) is 6.89. The number of nitrogens with zero attached hydrogens (tertiary/aromatic N) is 1. The molecule has 0 aliphatic rings. The Labute approximate surface area is 154 Å². The van der Waals surface area contributed by atoms with E-state index in [9.17, 15) is 14.0 Å². The molecule has 0 saturated carbocycles. The van der Waals surface area contributed by atoms with Crippen molar-refractivity contribution in [3.8, 4) is 0 Å². The highest BCUT2D eigenvalue weighted by atomic mass is 19.1. The molecule has 0 aliphatic heterocycles. The number of likely N-dealkylation sites (N-methyl/N-ethyl adjacent to an activating group) is 1. The fourth-order valence-electron chi connectivity index (χ4n) is 2.79. The second-order valence-corrected chi connectivity index (χ2v) is 6.38. The lowest BCUT2D eigenvalue weighted by Gasteiger charge is -2.29. The second kappa shape index (κ2) is 9.13. The lowest BCUT2D eigenvalue weighted by atomic mass is 10.1. The first kappa shape index (κ1) is 19.6. The van der Waals surface area contributed by atoms with E-state index in [0.717, 1.165) is 11.1 Å². The lowest BCUT2D eigenvalue weighted by molar-refractivity contribution is -0.140. The molecule has 0 spiro atoms. The molecule has 4 nitrogen and oxygen atoms in total. The highest BCUT2D eigenvalue weighted by molar-refractivity contribution is 5.88. The Morgan fingerprint density at radius 1 is 1.12 bits per heavy atom. The molecule has 2 aromatic rings. The van der Waals surface area contributed by atoms with Gasteiger partial charge >= 0.3 is 0 Å². The number of hydrogen-bond donors (Lipinski definition) is 1. The van der Waals surface area contributed by atoms with E-state index < -0.39 is 6.04 Å². The predicted octanol–water partition coefficient (Wildman–Crippen LogP) is 3.23. The summed E-state index contributed by atoms with van der Waals surface area (Å²) in [6.07, 6.45) is 0.121. The van der Waals surface area contributed by atoms with E-state index in [0.29, 0.717) is 18.7 Å². The van der Waals surface area contributed by atoms with E-state index in [-0.39, 0.29) is 24.1 Å². The summed E-state index contributed by atoms with van der Waals surface area (Å²) < 4.78 is 13.1. The molecule has 0 aromatic heterocycles. The van der Waals surface area contributed by atoms with Crippen LogP contribution in [0.4, 0.5) is 4.39 Å². The molecule has 26 heavy (non-hydrogen) atoms. The minimum Gasteiger partial charge on any atom is -0.355 e. The number of carbonyl (C=O) groups excluding carboxylic acids is 2. The number of hydrogen-bond acceptors (Lipinski definition) is 2. The molecule has 2 aromatic carbocycles. The van der Waals surface area contributed by atoms with Crippen molar-refractivity contribution in [3.05, 3.63) is 71.0 Å². The molecule has 0 heterocycles. The fourth-order valence-corrected chi connectivity index (χ4v) is 2.79. The number of halogens is 1. The first-order chi connectivity index (χ1) is 12.4. The van der Waals surface area contributed by atoms with Crippen LogP contribution < -0.4 is 5.32 Å². The van der Waals surface area contributed by atoms with Crippen LogP contribution >= 0.6 is 0 Å². The molecular formula is C21H25FN2O2. The minimum atomic E-state index is -0.594. The van der Waals surface area contributed by atoms with Crippen molar-refractivity contribution in [2.24, 2.45) is 0 Å². The highest BCUT2D eigenvalue weighted by Gasteiger charge is 2.25. The van der Waals surface area contributed by atoms with Gasteiger partial charge in [0, 0.05) is 13.1 Å². The van der Waals surface area contributed by atoms with Gasteiger partial charge in [-0.05, 0) is 44.0 Å². The van der Waals surface area contributed by atoms with Gasteiger partial charge in [-0.3, -0.25) is 9.59 Å². The van der Waals surface area contributed by atoms with Gasteiger partial charge in [0.1, 0.15) is 11.9 Å². The van der Waals surface area contributed by atoms with Gasteiger partial charge in [0.25, 0.3) is 0 Å². The predicted molar refractivity (Wildman–Crippen MR) is 100.0 cm³/mol. The van der Waals surface area contributed by atoms with Crippen LogP contribution in [0.25, 0.3) is 0 Å². The zero-order chi connectivity index (χ0) is 19.1. The van der Waals surface area contributed by atoms with E-state index in [4.69, 9.17) is 0 Å². The fraction of sp³-hybridized carbons (Fsp3) is 0.333. The summed E-state index contributed by atoms with van der Waals surface area (Å²) in [6, 6.07) is 13.1. The third kappa shape index (κ3) is 5.41. The molecule has 5 heteroatoms. The van der Waals surface area contributed by atoms with Crippen molar-refractivity contribution in [2.45, 2.75) is 39.8 Å². The first-order valence-corrected chi connectivity index (χ1v) is 8.78. The van der Waals surface area contributed by atoms with Crippen molar-refractivity contribution in [3.63, 3.8) is 0 Å². The van der Waals surface area contributed by atoms with E-state index in [1.807, 2.05) is 38.1 Å². The molecule has 1 N–H and O–H groups in total. The molecule has 0 fully saturated rings. The highest BCUT2D eigenvalue weighted by Crippen LogP contribution is 2.14. The lowest BCUT2D eigenvalue weighted by Crippen LogP contribution is -2.48. The number of benzene rings is 2. The molecule has 0 bridgehead atoms. The summed E-state index contributed by atoms with van der Waals surface area (Å²) in [7, 11) is 0. The zero-order valence-corrected chi connectivity index (χ0v) is 15.5. The number of rotatable bonds is 7. The molecular weight excluding hydrogens is 331 g/mol. The number of carbonyl (C=O) groups is 2. The summed E-state index contributed by atoms with van der Waals surface area (Å²) >= 11 is 0. The van der Waals surface area contributed by atoms with Gasteiger partial charge in [-0.1, -0.05) is 42.0 Å². The van der Waals surface area contributed by atoms with Crippen LogP contribution in [-0.4, -0.2) is 29.3 Å². The first-order valence-electron chi connectivity index (χ1n) is 8.78. The van der Waals surface area contributed by atoms with Gasteiger partial charge in [0.2, 0.25) is 11.8 Å². The van der Waals surface area contributed by atoms with Gasteiger partial charge < -0.3 is 10.2 Å². The molecule has 2 amide bonds. The van der Waals surface area contributed by atoms with Gasteiger partial charge in [-0.25, -0.2) is 4.39 Å². The molecule has 0 radical (unpaired) electrons. The van der Waals surface area contributed by atoms with Crippen LogP contribution in [-0.2, 0) is 22.6 Å².